The van der Waals surface area contributed by atoms with Crippen molar-refractivity contribution < 1.29 is 18.6 Å². The van der Waals surface area contributed by atoms with E-state index in [1.165, 1.54) is 39.0 Å². The molecule has 0 radical (unpaired) electrons. The van der Waals surface area contributed by atoms with Crippen LogP contribution in [0.3, 0.4) is 0 Å². The van der Waals surface area contributed by atoms with E-state index in [1.54, 1.807) is 0 Å². The molecule has 42 heavy (non-hydrogen) atoms. The second-order valence-corrected chi connectivity index (χ2v) is 11.6. The molecule has 2 aliphatic carbocycles. The number of aliphatic imine (C=N–C) groups is 1. The average Bonchev–Trinajstić information content (AvgIpc) is 3.67. The summed E-state index contributed by atoms with van der Waals surface area (Å²) < 4.78 is 26.0. The van der Waals surface area contributed by atoms with E-state index in [4.69, 9.17) is 23.6 Å². The lowest BCUT2D eigenvalue weighted by Crippen LogP contribution is -2.52. The molecule has 206 valence electrons. The van der Waals surface area contributed by atoms with Crippen molar-refractivity contribution in [1.29, 1.82) is 0 Å². The van der Waals surface area contributed by atoms with Gasteiger partial charge in [0.2, 0.25) is 0 Å². The number of para-hydroxylation sites is 2. The molecule has 0 bridgehead atoms. The number of benzene rings is 3. The fourth-order valence-corrected chi connectivity index (χ4v) is 7.18. The van der Waals surface area contributed by atoms with E-state index in [2.05, 4.69) is 67.4 Å². The lowest BCUT2D eigenvalue weighted by atomic mass is 9.83. The van der Waals surface area contributed by atoms with Crippen molar-refractivity contribution in [2.75, 3.05) is 0 Å². The number of aryl methyl sites for hydroxylation is 3. The van der Waals surface area contributed by atoms with Gasteiger partial charge in [-0.25, -0.2) is 4.99 Å². The Balaban J connectivity index is 1.27. The maximum absolute atomic E-state index is 6.65. The minimum Gasteiger partial charge on any atom is -0.610 e. The molecule has 0 unspecified atom stereocenters. The summed E-state index contributed by atoms with van der Waals surface area (Å²) in [6.07, 6.45) is 5.89. The van der Waals surface area contributed by atoms with Crippen molar-refractivity contribution in [3.8, 4) is 22.6 Å². The monoisotopic (exact) mass is 551 g/mol. The normalized spacial score (nSPS) is 20.6. The van der Waals surface area contributed by atoms with Gasteiger partial charge >= 0.3 is 6.96 Å². The Bertz CT molecular complexity index is 1950. The number of nitrogens with one attached hydrogen (secondary N) is 1. The summed E-state index contributed by atoms with van der Waals surface area (Å²) >= 11 is 0. The number of aromatic amines is 1. The number of nitrogens with zero attached hydrogens (tertiary/aromatic N) is 1. The van der Waals surface area contributed by atoms with Crippen LogP contribution in [-0.4, -0.2) is 17.7 Å². The third-order valence-corrected chi connectivity index (χ3v) is 9.11. The number of hydrogen-bond acceptors (Lipinski definition) is 5. The molecule has 1 N–H and O–H groups in total. The standard InChI is InChI=1S/C35H28BN2O4/c1-20-24-17-15-22-9-3-5-11-26(22)32(24)34(37-20)30-19-31(42-36(41-30)39-28-13-7-8-14-29(28)40-36)35-33-25(21(2)38-35)18-16-23-10-4-6-12-27(23)33/h3-14,19,37H,15-18H2,1-2H3/q-1/b35-31+. The van der Waals surface area contributed by atoms with Crippen LogP contribution in [0.25, 0.3) is 22.5 Å². The Morgan fingerprint density at radius 2 is 1.38 bits per heavy atom. The maximum atomic E-state index is 6.65. The Hall–Kier alpha value is -4.91. The van der Waals surface area contributed by atoms with Gasteiger partial charge in [0.15, 0.2) is 0 Å². The van der Waals surface area contributed by atoms with Gasteiger partial charge in [-0.3, -0.25) is 0 Å². The fraction of sp³-hybridized carbons (Fsp3) is 0.171. The van der Waals surface area contributed by atoms with Gasteiger partial charge in [0.05, 0.1) is 5.69 Å². The minimum atomic E-state index is -2.68. The highest BCUT2D eigenvalue weighted by Crippen LogP contribution is 2.49. The van der Waals surface area contributed by atoms with Crippen LogP contribution >= 0.6 is 0 Å². The van der Waals surface area contributed by atoms with Gasteiger partial charge in [0.25, 0.3) is 0 Å². The molecule has 4 aromatic rings. The van der Waals surface area contributed by atoms with Gasteiger partial charge in [0, 0.05) is 28.6 Å². The van der Waals surface area contributed by atoms with Crippen molar-refractivity contribution in [3.63, 3.8) is 0 Å². The van der Waals surface area contributed by atoms with E-state index >= 15 is 0 Å². The lowest BCUT2D eigenvalue weighted by molar-refractivity contribution is 0.130. The highest BCUT2D eigenvalue weighted by Gasteiger charge is 2.51. The number of fused-ring (bicyclic) bond motifs is 6. The third kappa shape index (κ3) is 3.37. The van der Waals surface area contributed by atoms with Crippen LogP contribution in [0.15, 0.2) is 101 Å². The van der Waals surface area contributed by atoms with E-state index < -0.39 is 6.96 Å². The number of rotatable bonds is 1. The van der Waals surface area contributed by atoms with Gasteiger partial charge in [-0.05, 0) is 85.1 Å². The predicted molar refractivity (Wildman–Crippen MR) is 164 cm³/mol. The first-order valence-electron chi connectivity index (χ1n) is 14.7. The quantitative estimate of drug-likeness (QED) is 0.249. The van der Waals surface area contributed by atoms with Gasteiger partial charge in [-0.15, -0.1) is 0 Å². The molecule has 0 fully saturated rings. The number of H-pyrrole nitrogens is 1. The number of aromatic nitrogens is 1. The summed E-state index contributed by atoms with van der Waals surface area (Å²) in [7, 11) is 0. The number of hydrogen-bond donors (Lipinski definition) is 1. The molecule has 7 heteroatoms. The van der Waals surface area contributed by atoms with Gasteiger partial charge in [-0.1, -0.05) is 60.7 Å². The average molecular weight is 551 g/mol. The van der Waals surface area contributed by atoms with Crippen LogP contribution in [-0.2, 0) is 28.6 Å². The van der Waals surface area contributed by atoms with Crippen LogP contribution in [0, 0.1) is 6.92 Å². The topological polar surface area (TPSA) is 65.1 Å². The lowest BCUT2D eigenvalue weighted by Gasteiger charge is -2.41. The van der Waals surface area contributed by atoms with Crippen molar-refractivity contribution in [2.24, 2.45) is 4.99 Å². The molecule has 5 aliphatic rings. The maximum Gasteiger partial charge on any atom is 0.777 e. The zero-order valence-corrected chi connectivity index (χ0v) is 23.5. The molecule has 0 atom stereocenters. The summed E-state index contributed by atoms with van der Waals surface area (Å²) in [5, 5.41) is 0. The molecular formula is C35H28BN2O4-. The molecule has 1 spiro atoms. The zero-order chi connectivity index (χ0) is 28.0. The second kappa shape index (κ2) is 8.55. The van der Waals surface area contributed by atoms with Crippen LogP contribution in [0.4, 0.5) is 0 Å². The molecule has 3 aliphatic heterocycles. The smallest absolute Gasteiger partial charge is 0.610 e. The predicted octanol–water partition coefficient (Wildman–Crippen LogP) is 7.47. The molecule has 4 heterocycles. The third-order valence-electron chi connectivity index (χ3n) is 9.11. The largest absolute Gasteiger partial charge is 0.777 e. The first-order chi connectivity index (χ1) is 20.6. The van der Waals surface area contributed by atoms with E-state index in [0.29, 0.717) is 23.0 Å². The Morgan fingerprint density at radius 1 is 0.714 bits per heavy atom. The van der Waals surface area contributed by atoms with E-state index in [9.17, 15) is 0 Å². The van der Waals surface area contributed by atoms with Crippen molar-refractivity contribution in [2.45, 2.75) is 39.5 Å². The van der Waals surface area contributed by atoms with Crippen molar-refractivity contribution in [1.82, 2.24) is 4.98 Å². The van der Waals surface area contributed by atoms with Crippen LogP contribution in [0.2, 0.25) is 0 Å². The summed E-state index contributed by atoms with van der Waals surface area (Å²) in [5.74, 6) is 2.37. The van der Waals surface area contributed by atoms with E-state index in [0.717, 1.165) is 54.1 Å². The zero-order valence-electron chi connectivity index (χ0n) is 23.5. The molecule has 1 aromatic heterocycles. The SMILES string of the molecule is CC1=N/C(=C2\C=C(c3[nH]c(C)c4c3-c3ccccc3CC4)O[B-]3(O2)Oc2ccccc2O3)C2=C1CCc1ccccc12. The van der Waals surface area contributed by atoms with Crippen LogP contribution in [0.5, 0.6) is 11.5 Å². The summed E-state index contributed by atoms with van der Waals surface area (Å²) in [4.78, 5) is 8.77. The van der Waals surface area contributed by atoms with Crippen molar-refractivity contribution in [3.05, 3.63) is 130 Å². The molecule has 0 saturated heterocycles. The van der Waals surface area contributed by atoms with Crippen molar-refractivity contribution >= 4 is 24.0 Å². The van der Waals surface area contributed by atoms with Gasteiger partial charge in [0.1, 0.15) is 28.7 Å². The molecule has 0 saturated carbocycles. The summed E-state index contributed by atoms with van der Waals surface area (Å²) in [6, 6.07) is 24.8. The fourth-order valence-electron chi connectivity index (χ4n) is 7.18. The van der Waals surface area contributed by atoms with Crippen LogP contribution in [0.1, 0.15) is 47.0 Å². The highest BCUT2D eigenvalue weighted by atomic mass is 16.9. The summed E-state index contributed by atoms with van der Waals surface area (Å²) in [6.45, 7) is 1.54. The Kier molecular flexibility index (Phi) is 4.84. The molecular weight excluding hydrogens is 523 g/mol. The number of allylic oxidation sites excluding steroid dienone is 3. The minimum absolute atomic E-state index is 0.579. The van der Waals surface area contributed by atoms with Crippen LogP contribution < -0.4 is 9.31 Å². The molecule has 3 aromatic carbocycles. The van der Waals surface area contributed by atoms with Gasteiger partial charge < -0.3 is 23.6 Å². The molecule has 0 amide bonds. The Labute approximate surface area is 244 Å². The van der Waals surface area contributed by atoms with E-state index in [-0.39, 0.29) is 0 Å². The van der Waals surface area contributed by atoms with Gasteiger partial charge in [-0.2, -0.15) is 0 Å². The Morgan fingerprint density at radius 3 is 2.17 bits per heavy atom. The second-order valence-electron chi connectivity index (χ2n) is 11.6. The molecule has 9 rings (SSSR count). The van der Waals surface area contributed by atoms with E-state index in [1.807, 2.05) is 30.3 Å². The summed E-state index contributed by atoms with van der Waals surface area (Å²) in [5.41, 5.74) is 13.8. The first-order valence-corrected chi connectivity index (χ1v) is 14.7. The molecule has 6 nitrogen and oxygen atoms in total. The first kappa shape index (κ1) is 23.8. The highest BCUT2D eigenvalue weighted by molar-refractivity contribution is 6.58.